The SMILES string of the molecule is COC(=O)CN1CCN(C(=O)C2CC(=O)N(c3nnc(C)s3)C2)CC1.O=CO. The molecule has 12 heteroatoms. The Balaban J connectivity index is 0.000000878. The van der Waals surface area contributed by atoms with E-state index in [2.05, 4.69) is 14.9 Å². The largest absolute Gasteiger partial charge is 0.483 e. The number of carbonyl (C=O) groups excluding carboxylic acids is 3. The minimum Gasteiger partial charge on any atom is -0.483 e. The zero-order valence-electron chi connectivity index (χ0n) is 15.7. The van der Waals surface area contributed by atoms with Gasteiger partial charge in [0.25, 0.3) is 6.47 Å². The number of ether oxygens (including phenoxy) is 1. The average Bonchev–Trinajstić information content (AvgIpc) is 3.27. The van der Waals surface area contributed by atoms with Gasteiger partial charge in [0.1, 0.15) is 5.01 Å². The molecule has 2 aliphatic rings. The smallest absolute Gasteiger partial charge is 0.319 e. The minimum absolute atomic E-state index is 0.00481. The van der Waals surface area contributed by atoms with Crippen LogP contribution in [-0.4, -0.2) is 95.7 Å². The van der Waals surface area contributed by atoms with E-state index >= 15 is 0 Å². The monoisotopic (exact) mass is 413 g/mol. The molecule has 1 aromatic rings. The van der Waals surface area contributed by atoms with E-state index in [-0.39, 0.29) is 43.1 Å². The second kappa shape index (κ2) is 10.1. The lowest BCUT2D eigenvalue weighted by Crippen LogP contribution is -2.51. The molecule has 0 saturated carbocycles. The summed E-state index contributed by atoms with van der Waals surface area (Å²) in [7, 11) is 1.37. The summed E-state index contributed by atoms with van der Waals surface area (Å²) in [4.78, 5) is 49.9. The molecule has 0 spiro atoms. The standard InChI is InChI=1S/C15H21N5O4S.CH2O2/c1-10-16-17-15(25-10)20-8-11(7-12(20)21)14(23)19-5-3-18(4-6-19)9-13(22)24-2;2-1-3/h11H,3-9H2,1-2H3;1H,(H,2,3). The summed E-state index contributed by atoms with van der Waals surface area (Å²) in [6, 6.07) is 0. The lowest BCUT2D eigenvalue weighted by atomic mass is 10.1. The van der Waals surface area contributed by atoms with E-state index in [1.165, 1.54) is 18.4 Å². The number of carboxylic acid groups (broad SMARTS) is 1. The van der Waals surface area contributed by atoms with Gasteiger partial charge in [0.2, 0.25) is 16.9 Å². The van der Waals surface area contributed by atoms with Crippen molar-refractivity contribution >= 4 is 40.7 Å². The molecular formula is C16H23N5O6S. The van der Waals surface area contributed by atoms with Crippen LogP contribution in [0.3, 0.4) is 0 Å². The molecule has 2 amide bonds. The summed E-state index contributed by atoms with van der Waals surface area (Å²) in [5.41, 5.74) is 0. The fraction of sp³-hybridized carbons (Fsp3) is 0.625. The fourth-order valence-electron chi connectivity index (χ4n) is 3.08. The molecular weight excluding hydrogens is 390 g/mol. The summed E-state index contributed by atoms with van der Waals surface area (Å²) >= 11 is 1.35. The van der Waals surface area contributed by atoms with Crippen LogP contribution in [0.1, 0.15) is 11.4 Å². The van der Waals surface area contributed by atoms with Crippen LogP contribution >= 0.6 is 11.3 Å². The molecule has 0 radical (unpaired) electrons. The molecule has 1 N–H and O–H groups in total. The molecule has 2 fully saturated rings. The lowest BCUT2D eigenvalue weighted by molar-refractivity contribution is -0.143. The van der Waals surface area contributed by atoms with Crippen LogP contribution in [-0.2, 0) is 23.9 Å². The maximum absolute atomic E-state index is 12.7. The maximum Gasteiger partial charge on any atom is 0.319 e. The highest BCUT2D eigenvalue weighted by molar-refractivity contribution is 7.15. The number of carbonyl (C=O) groups is 4. The van der Waals surface area contributed by atoms with Crippen molar-refractivity contribution in [2.75, 3.05) is 51.3 Å². The van der Waals surface area contributed by atoms with E-state index in [1.807, 2.05) is 11.8 Å². The zero-order valence-corrected chi connectivity index (χ0v) is 16.6. The van der Waals surface area contributed by atoms with Crippen molar-refractivity contribution in [1.82, 2.24) is 20.0 Å². The quantitative estimate of drug-likeness (QED) is 0.498. The van der Waals surface area contributed by atoms with E-state index < -0.39 is 0 Å². The number of hydrogen-bond donors (Lipinski definition) is 1. The average molecular weight is 413 g/mol. The summed E-state index contributed by atoms with van der Waals surface area (Å²) in [6.07, 6.45) is 0.208. The number of rotatable bonds is 4. The van der Waals surface area contributed by atoms with Gasteiger partial charge >= 0.3 is 5.97 Å². The molecule has 0 bridgehead atoms. The Hall–Kier alpha value is -2.60. The Morgan fingerprint density at radius 3 is 2.46 bits per heavy atom. The first-order valence-electron chi connectivity index (χ1n) is 8.65. The van der Waals surface area contributed by atoms with Gasteiger partial charge in [0.15, 0.2) is 0 Å². The third kappa shape index (κ3) is 5.45. The van der Waals surface area contributed by atoms with E-state index in [9.17, 15) is 14.4 Å². The first-order chi connectivity index (χ1) is 13.4. The highest BCUT2D eigenvalue weighted by Gasteiger charge is 2.39. The Morgan fingerprint density at radius 2 is 1.93 bits per heavy atom. The Bertz CT molecular complexity index is 718. The van der Waals surface area contributed by atoms with Crippen LogP contribution in [0.4, 0.5) is 5.13 Å². The summed E-state index contributed by atoms with van der Waals surface area (Å²) in [5, 5.41) is 16.2. The number of aromatic nitrogens is 2. The Labute approximate surface area is 165 Å². The van der Waals surface area contributed by atoms with Crippen LogP contribution in [0.5, 0.6) is 0 Å². The second-order valence-electron chi connectivity index (χ2n) is 6.29. The highest BCUT2D eigenvalue weighted by Crippen LogP contribution is 2.28. The van der Waals surface area contributed by atoms with Gasteiger partial charge in [-0.25, -0.2) is 0 Å². The van der Waals surface area contributed by atoms with E-state index in [4.69, 9.17) is 9.90 Å². The minimum atomic E-state index is -0.344. The molecule has 3 heterocycles. The molecule has 3 rings (SSSR count). The normalized spacial score (nSPS) is 19.8. The Morgan fingerprint density at radius 1 is 1.29 bits per heavy atom. The predicted octanol–water partition coefficient (Wildman–Crippen LogP) is -0.783. The summed E-state index contributed by atoms with van der Waals surface area (Å²) in [5.74, 6) is -0.707. The fourth-order valence-corrected chi connectivity index (χ4v) is 3.80. The second-order valence-corrected chi connectivity index (χ2v) is 7.45. The molecule has 2 aliphatic heterocycles. The molecule has 1 unspecified atom stereocenters. The van der Waals surface area contributed by atoms with Gasteiger partial charge in [-0.2, -0.15) is 0 Å². The summed E-state index contributed by atoms with van der Waals surface area (Å²) < 4.78 is 4.66. The van der Waals surface area contributed by atoms with Gasteiger partial charge in [0, 0.05) is 39.1 Å². The molecule has 11 nitrogen and oxygen atoms in total. The van der Waals surface area contributed by atoms with Crippen molar-refractivity contribution in [2.45, 2.75) is 13.3 Å². The van der Waals surface area contributed by atoms with E-state index in [0.717, 1.165) is 5.01 Å². The van der Waals surface area contributed by atoms with E-state index in [0.29, 0.717) is 37.9 Å². The van der Waals surface area contributed by atoms with Crippen LogP contribution in [0.25, 0.3) is 0 Å². The van der Waals surface area contributed by atoms with Crippen molar-refractivity contribution < 1.29 is 29.0 Å². The molecule has 1 aromatic heterocycles. The maximum atomic E-state index is 12.7. The van der Waals surface area contributed by atoms with Crippen LogP contribution in [0, 0.1) is 12.8 Å². The van der Waals surface area contributed by atoms with Crippen molar-refractivity contribution in [3.8, 4) is 0 Å². The molecule has 0 aromatic carbocycles. The molecule has 1 atom stereocenters. The molecule has 0 aliphatic carbocycles. The summed E-state index contributed by atoms with van der Waals surface area (Å²) in [6.45, 7) is 4.54. The highest BCUT2D eigenvalue weighted by atomic mass is 32.1. The third-order valence-electron chi connectivity index (χ3n) is 4.48. The number of nitrogens with zero attached hydrogens (tertiary/aromatic N) is 5. The van der Waals surface area contributed by atoms with Crippen molar-refractivity contribution in [1.29, 1.82) is 0 Å². The van der Waals surface area contributed by atoms with Gasteiger partial charge in [-0.15, -0.1) is 10.2 Å². The third-order valence-corrected chi connectivity index (χ3v) is 5.35. The van der Waals surface area contributed by atoms with Gasteiger partial charge in [0.05, 0.1) is 19.6 Å². The number of anilines is 1. The number of aryl methyl sites for hydroxylation is 1. The van der Waals surface area contributed by atoms with Crippen molar-refractivity contribution in [3.05, 3.63) is 5.01 Å². The number of hydrogen-bond acceptors (Lipinski definition) is 9. The number of methoxy groups -OCH3 is 1. The van der Waals surface area contributed by atoms with Crippen molar-refractivity contribution in [3.63, 3.8) is 0 Å². The van der Waals surface area contributed by atoms with Crippen LogP contribution in [0.2, 0.25) is 0 Å². The van der Waals surface area contributed by atoms with Crippen LogP contribution in [0.15, 0.2) is 0 Å². The van der Waals surface area contributed by atoms with E-state index in [1.54, 1.807) is 9.80 Å². The first-order valence-corrected chi connectivity index (χ1v) is 9.47. The van der Waals surface area contributed by atoms with Gasteiger partial charge < -0.3 is 14.7 Å². The Kier molecular flexibility index (Phi) is 7.81. The van der Waals surface area contributed by atoms with Crippen molar-refractivity contribution in [2.24, 2.45) is 5.92 Å². The van der Waals surface area contributed by atoms with Gasteiger partial charge in [-0.1, -0.05) is 11.3 Å². The molecule has 154 valence electrons. The molecule has 28 heavy (non-hydrogen) atoms. The molecule has 2 saturated heterocycles. The van der Waals surface area contributed by atoms with Gasteiger partial charge in [-0.3, -0.25) is 29.0 Å². The number of amides is 2. The first kappa shape index (κ1) is 21.7. The lowest BCUT2D eigenvalue weighted by Gasteiger charge is -2.35. The predicted molar refractivity (Wildman–Crippen MR) is 98.8 cm³/mol. The number of esters is 1. The van der Waals surface area contributed by atoms with Gasteiger partial charge in [-0.05, 0) is 6.92 Å². The number of piperazine rings is 1. The van der Waals surface area contributed by atoms with Crippen LogP contribution < -0.4 is 4.90 Å². The zero-order chi connectivity index (χ0) is 20.7. The topological polar surface area (TPSA) is 133 Å².